The molecule has 1 aromatic heterocycles. The fourth-order valence-corrected chi connectivity index (χ4v) is 4.55. The van der Waals surface area contributed by atoms with Gasteiger partial charge in [-0.2, -0.15) is 18.3 Å². The van der Waals surface area contributed by atoms with Crippen molar-refractivity contribution >= 4 is 21.6 Å². The Bertz CT molecular complexity index is 1160. The van der Waals surface area contributed by atoms with Crippen molar-refractivity contribution in [1.29, 1.82) is 0 Å². The van der Waals surface area contributed by atoms with E-state index in [1.807, 2.05) is 37.3 Å². The molecule has 3 aromatic rings. The van der Waals surface area contributed by atoms with Gasteiger partial charge in [-0.25, -0.2) is 13.1 Å². The summed E-state index contributed by atoms with van der Waals surface area (Å²) in [6, 6.07) is 11.8. The summed E-state index contributed by atoms with van der Waals surface area (Å²) in [4.78, 5) is -0.619. The highest BCUT2D eigenvalue weighted by Crippen LogP contribution is 2.33. The molecule has 0 fully saturated rings. The first kappa shape index (κ1) is 22.3. The van der Waals surface area contributed by atoms with E-state index in [-0.39, 0.29) is 11.6 Å². The summed E-state index contributed by atoms with van der Waals surface area (Å²) in [7, 11) is -4.27. The van der Waals surface area contributed by atoms with Gasteiger partial charge in [-0.05, 0) is 37.6 Å². The van der Waals surface area contributed by atoms with Crippen molar-refractivity contribution in [2.75, 3.05) is 0 Å². The standard InChI is InChI=1S/C20H19ClF3N3O2S/c1-13-17(14(2)27(26-13)12-15-6-4-3-5-7-15)11-25-30(28,29)19-10-16(20(22,23)24)8-9-18(19)21/h3-10,25H,11-12H2,1-2H3. The van der Waals surface area contributed by atoms with Crippen LogP contribution < -0.4 is 4.72 Å². The number of nitrogens with zero attached hydrogens (tertiary/aromatic N) is 2. The predicted molar refractivity (Wildman–Crippen MR) is 108 cm³/mol. The van der Waals surface area contributed by atoms with Gasteiger partial charge in [0.05, 0.1) is 22.8 Å². The maximum Gasteiger partial charge on any atom is 0.416 e. The summed E-state index contributed by atoms with van der Waals surface area (Å²) in [5.41, 5.74) is 1.98. The van der Waals surface area contributed by atoms with Crippen LogP contribution in [-0.4, -0.2) is 18.2 Å². The van der Waals surface area contributed by atoms with Crippen molar-refractivity contribution in [2.45, 2.75) is 38.0 Å². The van der Waals surface area contributed by atoms with Crippen LogP contribution in [0.4, 0.5) is 13.2 Å². The van der Waals surface area contributed by atoms with Crippen LogP contribution in [0.2, 0.25) is 5.02 Å². The molecule has 0 saturated heterocycles. The number of hydrogen-bond acceptors (Lipinski definition) is 3. The lowest BCUT2D eigenvalue weighted by molar-refractivity contribution is -0.137. The average molecular weight is 458 g/mol. The normalized spacial score (nSPS) is 12.3. The van der Waals surface area contributed by atoms with Gasteiger partial charge in [-0.1, -0.05) is 41.9 Å². The number of alkyl halides is 3. The minimum Gasteiger partial charge on any atom is -0.265 e. The molecule has 2 aromatic carbocycles. The summed E-state index contributed by atoms with van der Waals surface area (Å²) in [6.45, 7) is 3.94. The number of halogens is 4. The highest BCUT2D eigenvalue weighted by Gasteiger charge is 2.32. The third kappa shape index (κ3) is 4.85. The molecule has 3 rings (SSSR count). The Morgan fingerprint density at radius 2 is 1.77 bits per heavy atom. The second-order valence-electron chi connectivity index (χ2n) is 6.76. The van der Waals surface area contributed by atoms with Crippen molar-refractivity contribution < 1.29 is 21.6 Å². The molecule has 1 heterocycles. The van der Waals surface area contributed by atoms with Crippen LogP contribution in [0, 0.1) is 13.8 Å². The van der Waals surface area contributed by atoms with E-state index < -0.39 is 26.7 Å². The van der Waals surface area contributed by atoms with Crippen LogP contribution in [0.5, 0.6) is 0 Å². The van der Waals surface area contributed by atoms with E-state index in [1.54, 1.807) is 11.6 Å². The van der Waals surface area contributed by atoms with Crippen molar-refractivity contribution in [3.63, 3.8) is 0 Å². The number of nitrogens with one attached hydrogen (secondary N) is 1. The van der Waals surface area contributed by atoms with Gasteiger partial charge in [0.1, 0.15) is 4.90 Å². The summed E-state index contributed by atoms with van der Waals surface area (Å²) in [5.74, 6) is 0. The lowest BCUT2D eigenvalue weighted by Gasteiger charge is -2.12. The highest BCUT2D eigenvalue weighted by atomic mass is 35.5. The van der Waals surface area contributed by atoms with Gasteiger partial charge in [0.15, 0.2) is 0 Å². The number of benzene rings is 2. The van der Waals surface area contributed by atoms with Gasteiger partial charge in [0.2, 0.25) is 10.0 Å². The minimum atomic E-state index is -4.68. The number of aryl methyl sites for hydroxylation is 1. The van der Waals surface area contributed by atoms with E-state index in [2.05, 4.69) is 9.82 Å². The molecule has 0 aliphatic heterocycles. The lowest BCUT2D eigenvalue weighted by atomic mass is 10.2. The molecule has 0 atom stereocenters. The second kappa shape index (κ2) is 8.41. The third-order valence-corrected chi connectivity index (χ3v) is 6.58. The third-order valence-electron chi connectivity index (χ3n) is 4.69. The molecule has 0 aliphatic carbocycles. The number of rotatable bonds is 6. The average Bonchev–Trinajstić information content (AvgIpc) is 2.93. The molecule has 5 nitrogen and oxygen atoms in total. The molecule has 0 amide bonds. The van der Waals surface area contributed by atoms with Crippen LogP contribution in [-0.2, 0) is 29.3 Å². The smallest absolute Gasteiger partial charge is 0.265 e. The van der Waals surface area contributed by atoms with Crippen LogP contribution in [0.15, 0.2) is 53.4 Å². The zero-order valence-corrected chi connectivity index (χ0v) is 17.7. The van der Waals surface area contributed by atoms with E-state index in [1.165, 1.54) is 0 Å². The summed E-state index contributed by atoms with van der Waals surface area (Å²) < 4.78 is 68.2. The molecule has 30 heavy (non-hydrogen) atoms. The van der Waals surface area contributed by atoms with Crippen molar-refractivity contribution in [3.05, 3.63) is 81.6 Å². The SMILES string of the molecule is Cc1nn(Cc2ccccc2)c(C)c1CNS(=O)(=O)c1cc(C(F)(F)F)ccc1Cl. The van der Waals surface area contributed by atoms with E-state index in [0.29, 0.717) is 23.9 Å². The Morgan fingerprint density at radius 3 is 2.40 bits per heavy atom. The maximum absolute atomic E-state index is 13.0. The first-order valence-electron chi connectivity index (χ1n) is 8.92. The van der Waals surface area contributed by atoms with Crippen LogP contribution in [0.1, 0.15) is 28.1 Å². The quantitative estimate of drug-likeness (QED) is 0.583. The molecule has 0 saturated carbocycles. The molecule has 0 radical (unpaired) electrons. The molecule has 10 heteroatoms. The van der Waals surface area contributed by atoms with Gasteiger partial charge in [-0.3, -0.25) is 4.68 Å². The zero-order chi connectivity index (χ0) is 22.1. The number of aromatic nitrogens is 2. The molecule has 0 bridgehead atoms. The second-order valence-corrected chi connectivity index (χ2v) is 8.90. The van der Waals surface area contributed by atoms with E-state index in [0.717, 1.165) is 23.4 Å². The first-order valence-corrected chi connectivity index (χ1v) is 10.8. The molecular weight excluding hydrogens is 439 g/mol. The number of sulfonamides is 1. The lowest BCUT2D eigenvalue weighted by Crippen LogP contribution is -2.24. The molecule has 0 unspecified atom stereocenters. The van der Waals surface area contributed by atoms with Gasteiger partial charge < -0.3 is 0 Å². The van der Waals surface area contributed by atoms with E-state index in [9.17, 15) is 21.6 Å². The minimum absolute atomic E-state index is 0.124. The van der Waals surface area contributed by atoms with Crippen molar-refractivity contribution in [3.8, 4) is 0 Å². The van der Waals surface area contributed by atoms with Crippen molar-refractivity contribution in [1.82, 2.24) is 14.5 Å². The summed E-state index contributed by atoms with van der Waals surface area (Å²) in [5, 5.41) is 4.16. The predicted octanol–water partition coefficient (Wildman–Crippen LogP) is 4.70. The molecule has 0 spiro atoms. The van der Waals surface area contributed by atoms with Crippen molar-refractivity contribution in [2.24, 2.45) is 0 Å². The largest absolute Gasteiger partial charge is 0.416 e. The Hall–Kier alpha value is -2.36. The number of hydrogen-bond donors (Lipinski definition) is 1. The Labute approximate surface area is 177 Å². The van der Waals surface area contributed by atoms with E-state index in [4.69, 9.17) is 11.6 Å². The fourth-order valence-electron chi connectivity index (χ4n) is 3.03. The van der Waals surface area contributed by atoms with Gasteiger partial charge in [0, 0.05) is 17.8 Å². The monoisotopic (exact) mass is 457 g/mol. The topological polar surface area (TPSA) is 64.0 Å². The van der Waals surface area contributed by atoms with Crippen LogP contribution in [0.3, 0.4) is 0 Å². The molecular formula is C20H19ClF3N3O2S. The molecule has 160 valence electrons. The zero-order valence-electron chi connectivity index (χ0n) is 16.2. The van der Waals surface area contributed by atoms with Crippen LogP contribution >= 0.6 is 11.6 Å². The summed E-state index contributed by atoms with van der Waals surface area (Å²) in [6.07, 6.45) is -4.68. The maximum atomic E-state index is 13.0. The fraction of sp³-hybridized carbons (Fsp3) is 0.250. The Morgan fingerprint density at radius 1 is 1.10 bits per heavy atom. The summed E-state index contributed by atoms with van der Waals surface area (Å²) >= 11 is 5.87. The van der Waals surface area contributed by atoms with E-state index >= 15 is 0 Å². The highest BCUT2D eigenvalue weighted by molar-refractivity contribution is 7.89. The molecule has 0 aliphatic rings. The van der Waals surface area contributed by atoms with Gasteiger partial charge in [-0.15, -0.1) is 0 Å². The Balaban J connectivity index is 1.83. The van der Waals surface area contributed by atoms with Gasteiger partial charge in [0.25, 0.3) is 0 Å². The van der Waals surface area contributed by atoms with Gasteiger partial charge >= 0.3 is 6.18 Å². The first-order chi connectivity index (χ1) is 14.0. The van der Waals surface area contributed by atoms with Crippen LogP contribution in [0.25, 0.3) is 0 Å². The molecule has 1 N–H and O–H groups in total. The Kier molecular flexibility index (Phi) is 6.26.